The van der Waals surface area contributed by atoms with Gasteiger partial charge in [0.15, 0.2) is 0 Å². The number of rotatable bonds is 15. The number of fused-ring (bicyclic) bond motifs is 3. The summed E-state index contributed by atoms with van der Waals surface area (Å²) in [5.74, 6) is 0.0881. The molecule has 0 saturated heterocycles. The Hall–Kier alpha value is -2.76. The fraction of sp³-hybridized carbons (Fsp3) is 0.415. The number of hydrogen-bond acceptors (Lipinski definition) is 0. The third-order valence-electron chi connectivity index (χ3n) is 9.76. The number of hydrogen-bond donors (Lipinski definition) is 0. The largest absolute Gasteiger partial charge is 0.347 e. The summed E-state index contributed by atoms with van der Waals surface area (Å²) in [6, 6.07) is 20.8. The summed E-state index contributed by atoms with van der Waals surface area (Å²) in [6.45, 7) is 12.2. The standard InChI is InChI=1S/C41H49Br2N3/c1-5-8-11-20-44-26-35(32-23-29(4)14-17-38(32)44)41(36-27-45(21-12-9-6-2)39-18-15-30(42)24-33(36)39)37-28-46(22-13-10-7-3)40-19-16-31(43)25-34(37)40/h14-19,23-28,41H,5-13,20-22H2,1-4H3. The topological polar surface area (TPSA) is 14.8 Å². The van der Waals surface area contributed by atoms with Crippen molar-refractivity contribution in [3.05, 3.63) is 104 Å². The van der Waals surface area contributed by atoms with Gasteiger partial charge < -0.3 is 13.7 Å². The van der Waals surface area contributed by atoms with Crippen molar-refractivity contribution in [1.82, 2.24) is 13.7 Å². The van der Waals surface area contributed by atoms with Gasteiger partial charge in [-0.3, -0.25) is 0 Å². The smallest absolute Gasteiger partial charge is 0.0484 e. The minimum absolute atomic E-state index is 0.0881. The van der Waals surface area contributed by atoms with E-state index in [0.29, 0.717) is 0 Å². The first-order chi connectivity index (χ1) is 22.4. The van der Waals surface area contributed by atoms with E-state index in [1.165, 1.54) is 113 Å². The van der Waals surface area contributed by atoms with Gasteiger partial charge in [-0.15, -0.1) is 0 Å². The molecule has 6 aromatic rings. The molecule has 0 aliphatic heterocycles. The van der Waals surface area contributed by atoms with Crippen molar-refractivity contribution in [2.75, 3.05) is 0 Å². The van der Waals surface area contributed by atoms with Gasteiger partial charge in [0.1, 0.15) is 0 Å². The highest BCUT2D eigenvalue weighted by Gasteiger charge is 2.29. The van der Waals surface area contributed by atoms with Crippen LogP contribution in [0.3, 0.4) is 0 Å². The third-order valence-corrected chi connectivity index (χ3v) is 10.7. The Morgan fingerprint density at radius 2 is 0.870 bits per heavy atom. The van der Waals surface area contributed by atoms with Gasteiger partial charge >= 0.3 is 0 Å². The summed E-state index contributed by atoms with van der Waals surface area (Å²) < 4.78 is 9.87. The van der Waals surface area contributed by atoms with Gasteiger partial charge in [-0.05, 0) is 91.4 Å². The van der Waals surface area contributed by atoms with E-state index in [9.17, 15) is 0 Å². The Labute approximate surface area is 292 Å². The molecular formula is C41H49Br2N3. The minimum Gasteiger partial charge on any atom is -0.347 e. The molecule has 0 amide bonds. The fourth-order valence-electron chi connectivity index (χ4n) is 7.38. The second kappa shape index (κ2) is 15.0. The Morgan fingerprint density at radius 1 is 0.500 bits per heavy atom. The van der Waals surface area contributed by atoms with Crippen molar-refractivity contribution in [3.63, 3.8) is 0 Å². The summed E-state index contributed by atoms with van der Waals surface area (Å²) in [4.78, 5) is 0. The van der Waals surface area contributed by atoms with Crippen molar-refractivity contribution >= 4 is 64.6 Å². The number of unbranched alkanes of at least 4 members (excludes halogenated alkanes) is 6. The molecule has 3 aromatic heterocycles. The highest BCUT2D eigenvalue weighted by atomic mass is 79.9. The van der Waals surface area contributed by atoms with Gasteiger partial charge in [0.2, 0.25) is 0 Å². The molecular weight excluding hydrogens is 694 g/mol. The van der Waals surface area contributed by atoms with Gasteiger partial charge in [0.25, 0.3) is 0 Å². The predicted octanol–water partition coefficient (Wildman–Crippen LogP) is 13.1. The van der Waals surface area contributed by atoms with E-state index in [0.717, 1.165) is 28.6 Å². The van der Waals surface area contributed by atoms with Gasteiger partial charge in [-0.2, -0.15) is 0 Å². The summed E-state index contributed by atoms with van der Waals surface area (Å²) >= 11 is 7.71. The Morgan fingerprint density at radius 3 is 1.26 bits per heavy atom. The van der Waals surface area contributed by atoms with E-state index < -0.39 is 0 Å². The normalized spacial score (nSPS) is 12.1. The molecule has 0 saturated carbocycles. The Bertz CT molecular complexity index is 1720. The molecule has 5 heteroatoms. The quantitative estimate of drug-likeness (QED) is 0.0931. The number of benzene rings is 3. The summed E-state index contributed by atoms with van der Waals surface area (Å²) in [5, 5.41) is 4.07. The van der Waals surface area contributed by atoms with Crippen LogP contribution in [0.5, 0.6) is 0 Å². The first kappa shape index (κ1) is 33.2. The molecule has 46 heavy (non-hydrogen) atoms. The van der Waals surface area contributed by atoms with E-state index in [-0.39, 0.29) is 5.92 Å². The van der Waals surface area contributed by atoms with Crippen molar-refractivity contribution in [2.24, 2.45) is 0 Å². The lowest BCUT2D eigenvalue weighted by Gasteiger charge is -2.17. The molecule has 0 atom stereocenters. The summed E-state index contributed by atoms with van der Waals surface area (Å²) in [6.07, 6.45) is 18.5. The molecule has 6 rings (SSSR count). The third kappa shape index (κ3) is 6.78. The molecule has 0 bridgehead atoms. The van der Waals surface area contributed by atoms with Crippen molar-refractivity contribution in [3.8, 4) is 0 Å². The summed E-state index contributed by atoms with van der Waals surface area (Å²) in [7, 11) is 0. The van der Waals surface area contributed by atoms with Crippen LogP contribution in [0.2, 0.25) is 0 Å². The van der Waals surface area contributed by atoms with Crippen LogP contribution in [0.4, 0.5) is 0 Å². The molecule has 242 valence electrons. The van der Waals surface area contributed by atoms with Crippen LogP contribution in [0.25, 0.3) is 32.7 Å². The minimum atomic E-state index is 0.0881. The highest BCUT2D eigenvalue weighted by Crippen LogP contribution is 2.45. The van der Waals surface area contributed by atoms with Crippen LogP contribution in [0.1, 0.15) is 107 Å². The molecule has 3 heterocycles. The lowest BCUT2D eigenvalue weighted by atomic mass is 9.84. The highest BCUT2D eigenvalue weighted by molar-refractivity contribution is 9.10. The van der Waals surface area contributed by atoms with Crippen LogP contribution < -0.4 is 0 Å². The molecule has 0 spiro atoms. The molecule has 0 fully saturated rings. The van der Waals surface area contributed by atoms with E-state index in [1.807, 2.05) is 0 Å². The molecule has 3 nitrogen and oxygen atoms in total. The van der Waals surface area contributed by atoms with Crippen LogP contribution in [-0.2, 0) is 19.6 Å². The zero-order chi connectivity index (χ0) is 32.2. The maximum absolute atomic E-state index is 3.85. The zero-order valence-corrected chi connectivity index (χ0v) is 31.3. The second-order valence-corrected chi connectivity index (χ2v) is 15.1. The first-order valence-electron chi connectivity index (χ1n) is 17.6. The average molecular weight is 744 g/mol. The Kier molecular flexibility index (Phi) is 10.8. The maximum Gasteiger partial charge on any atom is 0.0484 e. The monoisotopic (exact) mass is 741 g/mol. The molecule has 0 unspecified atom stereocenters. The van der Waals surface area contributed by atoms with Crippen LogP contribution in [0.15, 0.2) is 82.1 Å². The van der Waals surface area contributed by atoms with E-state index >= 15 is 0 Å². The van der Waals surface area contributed by atoms with E-state index in [1.54, 1.807) is 0 Å². The summed E-state index contributed by atoms with van der Waals surface area (Å²) in [5.41, 5.74) is 9.53. The lowest BCUT2D eigenvalue weighted by molar-refractivity contribution is 0.612. The van der Waals surface area contributed by atoms with Gasteiger partial charge in [0.05, 0.1) is 0 Å². The SMILES string of the molecule is CCCCCn1cc(C(c2cn(CCCCC)c3ccc(Br)cc23)c2cn(CCCCC)c3ccc(Br)cc23)c2cc(C)ccc21. The van der Waals surface area contributed by atoms with E-state index in [2.05, 4.69) is 146 Å². The zero-order valence-electron chi connectivity index (χ0n) is 28.1. The van der Waals surface area contributed by atoms with Crippen LogP contribution in [0, 0.1) is 6.92 Å². The Balaban J connectivity index is 1.65. The molecule has 0 aliphatic rings. The molecule has 0 radical (unpaired) electrons. The lowest BCUT2D eigenvalue weighted by Crippen LogP contribution is -2.04. The first-order valence-corrected chi connectivity index (χ1v) is 19.2. The maximum atomic E-state index is 3.85. The van der Waals surface area contributed by atoms with E-state index in [4.69, 9.17) is 0 Å². The fourth-order valence-corrected chi connectivity index (χ4v) is 8.10. The van der Waals surface area contributed by atoms with Gasteiger partial charge in [0, 0.05) is 85.8 Å². The second-order valence-electron chi connectivity index (χ2n) is 13.2. The molecule has 3 aromatic carbocycles. The number of aryl methyl sites for hydroxylation is 4. The number of nitrogens with zero attached hydrogens (tertiary/aromatic N) is 3. The van der Waals surface area contributed by atoms with Crippen LogP contribution in [-0.4, -0.2) is 13.7 Å². The van der Waals surface area contributed by atoms with Gasteiger partial charge in [-0.25, -0.2) is 0 Å². The van der Waals surface area contributed by atoms with Gasteiger partial charge in [-0.1, -0.05) is 103 Å². The molecule has 0 N–H and O–H groups in total. The van der Waals surface area contributed by atoms with Crippen molar-refractivity contribution in [1.29, 1.82) is 0 Å². The molecule has 0 aliphatic carbocycles. The van der Waals surface area contributed by atoms with Crippen molar-refractivity contribution in [2.45, 2.75) is 111 Å². The van der Waals surface area contributed by atoms with Crippen LogP contribution >= 0.6 is 31.9 Å². The number of halogens is 2. The predicted molar refractivity (Wildman–Crippen MR) is 205 cm³/mol. The number of aromatic nitrogens is 3. The van der Waals surface area contributed by atoms with Crippen molar-refractivity contribution < 1.29 is 0 Å². The average Bonchev–Trinajstić information content (AvgIpc) is 3.70.